The van der Waals surface area contributed by atoms with Gasteiger partial charge in [0.1, 0.15) is 10.8 Å². The minimum atomic E-state index is -0.0788. The molecule has 2 aromatic carbocycles. The van der Waals surface area contributed by atoms with Crippen molar-refractivity contribution in [3.05, 3.63) is 101 Å². The molecule has 0 saturated carbocycles. The molecule has 1 amide bonds. The average Bonchev–Trinajstić information content (AvgIpc) is 3.47. The van der Waals surface area contributed by atoms with Crippen molar-refractivity contribution < 1.29 is 9.21 Å². The van der Waals surface area contributed by atoms with Gasteiger partial charge in [-0.2, -0.15) is 0 Å². The SMILES string of the molecule is CNC(=O)c1ccc(CN(Cc2csc(-c3ccccc3)n2)Cc2ccco2)cc1. The van der Waals surface area contributed by atoms with Gasteiger partial charge in [0, 0.05) is 36.6 Å². The number of amides is 1. The Morgan fingerprint density at radius 1 is 1.00 bits per heavy atom. The largest absolute Gasteiger partial charge is 0.468 e. The first-order valence-electron chi connectivity index (χ1n) is 9.77. The maximum Gasteiger partial charge on any atom is 0.251 e. The lowest BCUT2D eigenvalue weighted by molar-refractivity contribution is 0.0963. The summed E-state index contributed by atoms with van der Waals surface area (Å²) >= 11 is 1.66. The number of nitrogens with one attached hydrogen (secondary N) is 1. The van der Waals surface area contributed by atoms with E-state index in [1.807, 2.05) is 54.6 Å². The van der Waals surface area contributed by atoms with Crippen molar-refractivity contribution in [1.29, 1.82) is 0 Å². The van der Waals surface area contributed by atoms with Crippen molar-refractivity contribution in [1.82, 2.24) is 15.2 Å². The smallest absolute Gasteiger partial charge is 0.251 e. The fourth-order valence-corrected chi connectivity index (χ4v) is 4.09. The Bertz CT molecular complexity index is 1070. The Morgan fingerprint density at radius 2 is 1.80 bits per heavy atom. The number of thiazole rings is 1. The quantitative estimate of drug-likeness (QED) is 0.440. The second-order valence-electron chi connectivity index (χ2n) is 7.01. The van der Waals surface area contributed by atoms with Gasteiger partial charge < -0.3 is 9.73 Å². The molecule has 2 heterocycles. The van der Waals surface area contributed by atoms with Crippen molar-refractivity contribution in [2.45, 2.75) is 19.6 Å². The molecule has 0 unspecified atom stereocenters. The van der Waals surface area contributed by atoms with Crippen LogP contribution in [0.1, 0.15) is 27.4 Å². The van der Waals surface area contributed by atoms with Crippen molar-refractivity contribution in [3.8, 4) is 10.6 Å². The molecule has 1 N–H and O–H groups in total. The number of hydrogen-bond acceptors (Lipinski definition) is 5. The summed E-state index contributed by atoms with van der Waals surface area (Å²) in [7, 11) is 1.64. The fraction of sp³-hybridized carbons (Fsp3) is 0.167. The predicted molar refractivity (Wildman–Crippen MR) is 119 cm³/mol. The summed E-state index contributed by atoms with van der Waals surface area (Å²) in [5, 5.41) is 5.79. The Morgan fingerprint density at radius 3 is 2.50 bits per heavy atom. The van der Waals surface area contributed by atoms with Crippen LogP contribution in [0, 0.1) is 0 Å². The summed E-state index contributed by atoms with van der Waals surface area (Å²) in [6.07, 6.45) is 1.70. The van der Waals surface area contributed by atoms with Crippen molar-refractivity contribution in [2.24, 2.45) is 0 Å². The molecule has 0 fully saturated rings. The van der Waals surface area contributed by atoms with Crippen LogP contribution in [0.5, 0.6) is 0 Å². The highest BCUT2D eigenvalue weighted by molar-refractivity contribution is 7.13. The number of carbonyl (C=O) groups excluding carboxylic acids is 1. The first kappa shape index (κ1) is 20.1. The highest BCUT2D eigenvalue weighted by Gasteiger charge is 2.13. The molecule has 0 bridgehead atoms. The van der Waals surface area contributed by atoms with Gasteiger partial charge in [0.2, 0.25) is 0 Å². The second-order valence-corrected chi connectivity index (χ2v) is 7.87. The number of rotatable bonds is 8. The van der Waals surface area contributed by atoms with Gasteiger partial charge >= 0.3 is 0 Å². The molecule has 0 radical (unpaired) electrons. The zero-order chi connectivity index (χ0) is 20.8. The van der Waals surface area contributed by atoms with Crippen molar-refractivity contribution in [3.63, 3.8) is 0 Å². The molecule has 30 heavy (non-hydrogen) atoms. The highest BCUT2D eigenvalue weighted by Crippen LogP contribution is 2.24. The summed E-state index contributed by atoms with van der Waals surface area (Å²) < 4.78 is 5.57. The Hall–Kier alpha value is -3.22. The Labute approximate surface area is 180 Å². The average molecular weight is 418 g/mol. The molecule has 0 saturated heterocycles. The van der Waals surface area contributed by atoms with E-state index in [1.54, 1.807) is 24.6 Å². The number of carbonyl (C=O) groups is 1. The van der Waals surface area contributed by atoms with Crippen molar-refractivity contribution in [2.75, 3.05) is 7.05 Å². The van der Waals surface area contributed by atoms with Crippen molar-refractivity contribution >= 4 is 17.2 Å². The summed E-state index contributed by atoms with van der Waals surface area (Å²) in [4.78, 5) is 18.9. The molecular formula is C24H23N3O2S. The Balaban J connectivity index is 1.50. The van der Waals surface area contributed by atoms with Crippen LogP contribution in [-0.4, -0.2) is 22.8 Å². The van der Waals surface area contributed by atoms with E-state index in [-0.39, 0.29) is 5.91 Å². The van der Waals surface area contributed by atoms with Gasteiger partial charge in [0.25, 0.3) is 5.91 Å². The number of aromatic nitrogens is 1. The van der Waals surface area contributed by atoms with E-state index in [4.69, 9.17) is 9.40 Å². The van der Waals surface area contributed by atoms with Gasteiger partial charge in [-0.25, -0.2) is 4.98 Å². The van der Waals surface area contributed by atoms with E-state index in [1.165, 1.54) is 0 Å². The van der Waals surface area contributed by atoms with Gasteiger partial charge in [0.05, 0.1) is 18.5 Å². The van der Waals surface area contributed by atoms with Crippen LogP contribution in [0.15, 0.2) is 82.8 Å². The summed E-state index contributed by atoms with van der Waals surface area (Å²) in [6.45, 7) is 2.12. The lowest BCUT2D eigenvalue weighted by Crippen LogP contribution is -2.22. The number of benzene rings is 2. The van der Waals surface area contributed by atoms with Crippen LogP contribution in [0.25, 0.3) is 10.6 Å². The lowest BCUT2D eigenvalue weighted by Gasteiger charge is -2.20. The maximum absolute atomic E-state index is 11.8. The first-order chi connectivity index (χ1) is 14.7. The molecule has 2 aromatic heterocycles. The molecule has 4 rings (SSSR count). The molecule has 5 nitrogen and oxygen atoms in total. The molecular weight excluding hydrogens is 394 g/mol. The summed E-state index contributed by atoms with van der Waals surface area (Å²) in [5.41, 5.74) is 3.96. The zero-order valence-corrected chi connectivity index (χ0v) is 17.6. The normalized spacial score (nSPS) is 11.0. The van der Waals surface area contributed by atoms with Crippen LogP contribution in [0.3, 0.4) is 0 Å². The minimum Gasteiger partial charge on any atom is -0.468 e. The third-order valence-electron chi connectivity index (χ3n) is 4.77. The second kappa shape index (κ2) is 9.52. The number of hydrogen-bond donors (Lipinski definition) is 1. The van der Waals surface area contributed by atoms with Gasteiger partial charge in [0.15, 0.2) is 0 Å². The zero-order valence-electron chi connectivity index (χ0n) is 16.7. The molecule has 6 heteroatoms. The topological polar surface area (TPSA) is 58.4 Å². The summed E-state index contributed by atoms with van der Waals surface area (Å²) in [5.74, 6) is 0.834. The van der Waals surface area contributed by atoms with E-state index < -0.39 is 0 Å². The van der Waals surface area contributed by atoms with Gasteiger partial charge in [-0.15, -0.1) is 11.3 Å². The Kier molecular flexibility index (Phi) is 6.37. The molecule has 0 atom stereocenters. The van der Waals surface area contributed by atoms with Crippen LogP contribution in [-0.2, 0) is 19.6 Å². The monoisotopic (exact) mass is 417 g/mol. The number of furan rings is 1. The van der Waals surface area contributed by atoms with Crippen LogP contribution >= 0.6 is 11.3 Å². The summed E-state index contributed by atoms with van der Waals surface area (Å²) in [6, 6.07) is 21.8. The fourth-order valence-electron chi connectivity index (χ4n) is 3.28. The standard InChI is InChI=1S/C24H23N3O2S/c1-25-23(28)19-11-9-18(10-12-19)14-27(16-22-8-5-13-29-22)15-21-17-30-24(26-21)20-6-3-2-4-7-20/h2-13,17H,14-16H2,1H3,(H,25,28). The van der Waals surface area contributed by atoms with Gasteiger partial charge in [-0.05, 0) is 29.8 Å². The molecule has 0 spiro atoms. The van der Waals surface area contributed by atoms with E-state index >= 15 is 0 Å². The first-order valence-corrected chi connectivity index (χ1v) is 10.6. The van der Waals surface area contributed by atoms with Gasteiger partial charge in [-0.3, -0.25) is 9.69 Å². The molecule has 152 valence electrons. The molecule has 0 aliphatic rings. The van der Waals surface area contributed by atoms with E-state index in [0.717, 1.165) is 34.1 Å². The molecule has 4 aromatic rings. The predicted octanol–water partition coefficient (Wildman–Crippen LogP) is 4.97. The maximum atomic E-state index is 11.8. The van der Waals surface area contributed by atoms with E-state index in [9.17, 15) is 4.79 Å². The van der Waals surface area contributed by atoms with Gasteiger partial charge in [-0.1, -0.05) is 42.5 Å². The third kappa shape index (κ3) is 5.03. The molecule has 0 aliphatic carbocycles. The highest BCUT2D eigenvalue weighted by atomic mass is 32.1. The van der Waals surface area contributed by atoms with Crippen LogP contribution in [0.4, 0.5) is 0 Å². The van der Waals surface area contributed by atoms with E-state index in [2.05, 4.69) is 27.7 Å². The minimum absolute atomic E-state index is 0.0788. The van der Waals surface area contributed by atoms with Crippen LogP contribution < -0.4 is 5.32 Å². The lowest BCUT2D eigenvalue weighted by atomic mass is 10.1. The van der Waals surface area contributed by atoms with E-state index in [0.29, 0.717) is 18.7 Å². The number of nitrogens with zero attached hydrogens (tertiary/aromatic N) is 2. The molecule has 0 aliphatic heterocycles. The van der Waals surface area contributed by atoms with Crippen LogP contribution in [0.2, 0.25) is 0 Å². The third-order valence-corrected chi connectivity index (χ3v) is 5.71.